The number of carbonyl (C=O) groups is 1. The molecule has 1 aromatic heterocycles. The molecule has 0 saturated carbocycles. The Bertz CT molecular complexity index is 423. The molecule has 0 saturated heterocycles. The monoisotopic (exact) mass is 196 g/mol. The summed E-state index contributed by atoms with van der Waals surface area (Å²) >= 11 is 0. The van der Waals surface area contributed by atoms with Gasteiger partial charge in [0.25, 0.3) is 5.56 Å². The third-order valence-corrected chi connectivity index (χ3v) is 1.31. The van der Waals surface area contributed by atoms with Gasteiger partial charge in [-0.3, -0.25) is 9.78 Å². The first-order valence-electron chi connectivity index (χ1n) is 3.68. The van der Waals surface area contributed by atoms with Crippen molar-refractivity contribution in [1.29, 1.82) is 0 Å². The third kappa shape index (κ3) is 2.70. The predicted octanol–water partition coefficient (Wildman–Crippen LogP) is -0.358. The Morgan fingerprint density at radius 2 is 2.43 bits per heavy atom. The summed E-state index contributed by atoms with van der Waals surface area (Å²) in [6, 6.07) is 1.24. The molecule has 3 N–H and O–H groups in total. The second-order valence-corrected chi connectivity index (χ2v) is 2.40. The highest BCUT2D eigenvalue weighted by Gasteiger charge is 2.00. The van der Waals surface area contributed by atoms with Gasteiger partial charge in [0.15, 0.2) is 0 Å². The normalized spacial score (nSPS) is 11.1. The number of nitrogens with one attached hydrogen (secondary N) is 2. The van der Waals surface area contributed by atoms with E-state index < -0.39 is 5.97 Å². The summed E-state index contributed by atoms with van der Waals surface area (Å²) in [5, 5.41) is 11.9. The number of aromatic nitrogens is 2. The molecule has 0 aliphatic rings. The van der Waals surface area contributed by atoms with Crippen molar-refractivity contribution in [1.82, 2.24) is 9.97 Å². The van der Waals surface area contributed by atoms with Crippen LogP contribution in [0.15, 0.2) is 22.2 Å². The van der Waals surface area contributed by atoms with Crippen LogP contribution in [-0.2, 0) is 4.79 Å². The van der Waals surface area contributed by atoms with E-state index in [9.17, 15) is 9.59 Å². The number of hydrazone groups is 1. The van der Waals surface area contributed by atoms with E-state index in [1.807, 2.05) is 0 Å². The molecule has 0 aliphatic heterocycles. The molecular weight excluding hydrogens is 188 g/mol. The smallest absolute Gasteiger partial charge is 0.351 e. The zero-order valence-corrected chi connectivity index (χ0v) is 7.31. The maximum Gasteiger partial charge on any atom is 0.351 e. The third-order valence-electron chi connectivity index (χ3n) is 1.31. The fourth-order valence-electron chi connectivity index (χ4n) is 0.612. The fourth-order valence-corrected chi connectivity index (χ4v) is 0.612. The molecule has 0 unspecified atom stereocenters. The van der Waals surface area contributed by atoms with Gasteiger partial charge in [0.05, 0.1) is 0 Å². The number of hydrogen-bond acceptors (Lipinski definition) is 5. The van der Waals surface area contributed by atoms with Gasteiger partial charge >= 0.3 is 5.97 Å². The number of hydrogen-bond donors (Lipinski definition) is 3. The Hall–Kier alpha value is -2.18. The molecule has 0 radical (unpaired) electrons. The van der Waals surface area contributed by atoms with Crippen LogP contribution in [0.3, 0.4) is 0 Å². The minimum Gasteiger partial charge on any atom is -0.477 e. The first-order chi connectivity index (χ1) is 6.59. The lowest BCUT2D eigenvalue weighted by molar-refractivity contribution is -0.129. The van der Waals surface area contributed by atoms with Gasteiger partial charge < -0.3 is 5.11 Å². The molecule has 0 amide bonds. The molecule has 1 heterocycles. The van der Waals surface area contributed by atoms with Crippen molar-refractivity contribution in [3.05, 3.63) is 22.6 Å². The van der Waals surface area contributed by atoms with Crippen LogP contribution in [0.25, 0.3) is 0 Å². The number of nitrogens with zero attached hydrogens (tertiary/aromatic N) is 2. The molecular formula is C7H8N4O3. The molecule has 0 fully saturated rings. The van der Waals surface area contributed by atoms with Crippen molar-refractivity contribution in [2.24, 2.45) is 5.10 Å². The average molecular weight is 196 g/mol. The van der Waals surface area contributed by atoms with E-state index in [4.69, 9.17) is 5.11 Å². The molecule has 14 heavy (non-hydrogen) atoms. The van der Waals surface area contributed by atoms with Gasteiger partial charge in [0, 0.05) is 12.3 Å². The van der Waals surface area contributed by atoms with Gasteiger partial charge in [-0.25, -0.2) is 15.2 Å². The van der Waals surface area contributed by atoms with E-state index in [0.717, 1.165) is 0 Å². The number of aliphatic carboxylic acids is 1. The van der Waals surface area contributed by atoms with Crippen molar-refractivity contribution < 1.29 is 9.90 Å². The van der Waals surface area contributed by atoms with Crippen molar-refractivity contribution in [2.75, 3.05) is 5.43 Å². The first-order valence-corrected chi connectivity index (χ1v) is 3.68. The lowest BCUT2D eigenvalue weighted by Gasteiger charge is -1.97. The lowest BCUT2D eigenvalue weighted by Crippen LogP contribution is -2.13. The SMILES string of the molecule is C/C(=N\Nc1nccc(=O)[nH]1)C(=O)O. The molecule has 0 bridgehead atoms. The quantitative estimate of drug-likeness (QED) is 0.452. The van der Waals surface area contributed by atoms with E-state index in [1.165, 1.54) is 19.2 Å². The van der Waals surface area contributed by atoms with Gasteiger partial charge in [0.1, 0.15) is 5.71 Å². The number of anilines is 1. The van der Waals surface area contributed by atoms with Crippen LogP contribution in [0.4, 0.5) is 5.95 Å². The number of rotatable bonds is 3. The summed E-state index contributed by atoms with van der Waals surface area (Å²) in [7, 11) is 0. The summed E-state index contributed by atoms with van der Waals surface area (Å²) in [5.41, 5.74) is 1.84. The maximum atomic E-state index is 10.8. The maximum absolute atomic E-state index is 10.8. The average Bonchev–Trinajstić information content (AvgIpc) is 2.14. The molecule has 0 aliphatic carbocycles. The molecule has 1 aromatic rings. The number of carboxylic acid groups (broad SMARTS) is 1. The topological polar surface area (TPSA) is 107 Å². The predicted molar refractivity (Wildman–Crippen MR) is 49.2 cm³/mol. The van der Waals surface area contributed by atoms with Crippen molar-refractivity contribution in [3.63, 3.8) is 0 Å². The molecule has 1 rings (SSSR count). The molecule has 7 heteroatoms. The standard InChI is InChI=1S/C7H8N4O3/c1-4(6(13)14)10-11-7-8-3-2-5(12)9-7/h2-3H,1H3,(H,13,14)(H2,8,9,11,12)/b10-4+. The Balaban J connectivity index is 2.76. The van der Waals surface area contributed by atoms with Crippen LogP contribution in [0, 0.1) is 0 Å². The number of carboxylic acids is 1. The Morgan fingerprint density at radius 1 is 1.71 bits per heavy atom. The van der Waals surface area contributed by atoms with Gasteiger partial charge in [-0.05, 0) is 6.92 Å². The van der Waals surface area contributed by atoms with Gasteiger partial charge in [-0.15, -0.1) is 0 Å². The Kier molecular flexibility index (Phi) is 2.95. The minimum absolute atomic E-state index is 0.0955. The largest absolute Gasteiger partial charge is 0.477 e. The summed E-state index contributed by atoms with van der Waals surface area (Å²) < 4.78 is 0. The van der Waals surface area contributed by atoms with E-state index >= 15 is 0 Å². The van der Waals surface area contributed by atoms with Crippen LogP contribution in [-0.4, -0.2) is 26.8 Å². The highest BCUT2D eigenvalue weighted by molar-refractivity contribution is 6.34. The zero-order chi connectivity index (χ0) is 10.6. The number of H-pyrrole nitrogens is 1. The summed E-state index contributed by atoms with van der Waals surface area (Å²) in [6.45, 7) is 1.32. The van der Waals surface area contributed by atoms with E-state index in [-0.39, 0.29) is 17.2 Å². The van der Waals surface area contributed by atoms with E-state index in [2.05, 4.69) is 20.5 Å². The van der Waals surface area contributed by atoms with Crippen molar-refractivity contribution >= 4 is 17.6 Å². The lowest BCUT2D eigenvalue weighted by atomic mass is 10.4. The van der Waals surface area contributed by atoms with Crippen LogP contribution in [0.2, 0.25) is 0 Å². The molecule has 74 valence electrons. The van der Waals surface area contributed by atoms with Crippen molar-refractivity contribution in [3.8, 4) is 0 Å². The van der Waals surface area contributed by atoms with E-state index in [0.29, 0.717) is 0 Å². The highest BCUT2D eigenvalue weighted by atomic mass is 16.4. The van der Waals surface area contributed by atoms with Gasteiger partial charge in [0.2, 0.25) is 5.95 Å². The minimum atomic E-state index is -1.14. The fraction of sp³-hybridized carbons (Fsp3) is 0.143. The van der Waals surface area contributed by atoms with Gasteiger partial charge in [-0.1, -0.05) is 0 Å². The Morgan fingerprint density at radius 3 is 3.00 bits per heavy atom. The first kappa shape index (κ1) is 9.90. The van der Waals surface area contributed by atoms with Crippen LogP contribution >= 0.6 is 0 Å². The summed E-state index contributed by atoms with van der Waals surface area (Å²) in [5.74, 6) is -1.05. The Labute approximate surface area is 78.5 Å². The highest BCUT2D eigenvalue weighted by Crippen LogP contribution is 1.90. The molecule has 7 nitrogen and oxygen atoms in total. The van der Waals surface area contributed by atoms with Crippen LogP contribution < -0.4 is 11.0 Å². The molecule has 0 spiro atoms. The second kappa shape index (κ2) is 4.17. The molecule has 0 atom stereocenters. The zero-order valence-electron chi connectivity index (χ0n) is 7.31. The van der Waals surface area contributed by atoms with Crippen molar-refractivity contribution in [2.45, 2.75) is 6.92 Å². The summed E-state index contributed by atoms with van der Waals surface area (Å²) in [4.78, 5) is 27.1. The number of aromatic amines is 1. The van der Waals surface area contributed by atoms with Crippen LogP contribution in [0.1, 0.15) is 6.92 Å². The second-order valence-electron chi connectivity index (χ2n) is 2.40. The van der Waals surface area contributed by atoms with E-state index in [1.54, 1.807) is 0 Å². The molecule has 0 aromatic carbocycles. The van der Waals surface area contributed by atoms with Crippen LogP contribution in [0.5, 0.6) is 0 Å². The van der Waals surface area contributed by atoms with Gasteiger partial charge in [-0.2, -0.15) is 5.10 Å². The summed E-state index contributed by atoms with van der Waals surface area (Å²) in [6.07, 6.45) is 1.28.